The highest BCUT2D eigenvalue weighted by molar-refractivity contribution is 5.78. The summed E-state index contributed by atoms with van der Waals surface area (Å²) in [6.45, 7) is 1.22. The number of benzene rings is 3. The Morgan fingerprint density at radius 2 is 1.47 bits per heavy atom. The van der Waals surface area contributed by atoms with E-state index in [0.717, 1.165) is 46.7 Å². The Kier molecular flexibility index (Phi) is 7.45. The number of rotatable bonds is 10. The summed E-state index contributed by atoms with van der Waals surface area (Å²) >= 11 is 0. The zero-order chi connectivity index (χ0) is 22.0. The molecule has 3 aromatic carbocycles. The molecule has 0 fully saturated rings. The Morgan fingerprint density at radius 3 is 2.16 bits per heavy atom. The fourth-order valence-electron chi connectivity index (χ4n) is 3.52. The van der Waals surface area contributed by atoms with Gasteiger partial charge in [-0.1, -0.05) is 91.0 Å². The summed E-state index contributed by atoms with van der Waals surface area (Å²) in [5.74, 6) is 0.695. The lowest BCUT2D eigenvalue weighted by Gasteiger charge is -2.06. The number of hydrogen-bond acceptors (Lipinski definition) is 4. The molecule has 2 N–H and O–H groups in total. The maximum atomic E-state index is 11.9. The van der Waals surface area contributed by atoms with Crippen LogP contribution in [0.5, 0.6) is 0 Å². The van der Waals surface area contributed by atoms with Gasteiger partial charge in [0.2, 0.25) is 0 Å². The average Bonchev–Trinajstić information content (AvgIpc) is 3.28. The van der Waals surface area contributed by atoms with Crippen molar-refractivity contribution in [1.82, 2.24) is 15.3 Å². The number of carbonyl (C=O) groups excluding carboxylic acids is 1. The molecule has 0 bridgehead atoms. The van der Waals surface area contributed by atoms with Crippen LogP contribution in [0.4, 0.5) is 0 Å². The van der Waals surface area contributed by atoms with Gasteiger partial charge in [0, 0.05) is 17.5 Å². The fourth-order valence-corrected chi connectivity index (χ4v) is 3.52. The van der Waals surface area contributed by atoms with E-state index in [-0.39, 0.29) is 12.5 Å². The molecule has 0 saturated carbocycles. The minimum absolute atomic E-state index is 0.204. The van der Waals surface area contributed by atoms with Gasteiger partial charge in [-0.3, -0.25) is 4.79 Å². The van der Waals surface area contributed by atoms with Crippen molar-refractivity contribution < 1.29 is 9.53 Å². The molecule has 4 aromatic rings. The van der Waals surface area contributed by atoms with Gasteiger partial charge in [0.05, 0.1) is 17.9 Å². The predicted octanol–water partition coefficient (Wildman–Crippen LogP) is 5.01. The van der Waals surface area contributed by atoms with Crippen LogP contribution in [0.25, 0.3) is 22.5 Å². The molecule has 0 aliphatic rings. The highest BCUT2D eigenvalue weighted by Gasteiger charge is 2.13. The van der Waals surface area contributed by atoms with Gasteiger partial charge in [0.15, 0.2) is 0 Å². The second-order valence-corrected chi connectivity index (χ2v) is 7.57. The number of H-pyrrole nitrogens is 1. The van der Waals surface area contributed by atoms with E-state index in [4.69, 9.17) is 9.72 Å². The van der Waals surface area contributed by atoms with Crippen molar-refractivity contribution in [2.24, 2.45) is 0 Å². The molecular formula is C27H27N3O2. The molecule has 0 saturated heterocycles. The number of aromatic amines is 1. The van der Waals surface area contributed by atoms with Crippen molar-refractivity contribution in [3.63, 3.8) is 0 Å². The monoisotopic (exact) mass is 425 g/mol. The first kappa shape index (κ1) is 21.5. The summed E-state index contributed by atoms with van der Waals surface area (Å²) in [5.41, 5.74) is 5.19. The summed E-state index contributed by atoms with van der Waals surface area (Å²) in [6.07, 6.45) is 1.65. The van der Waals surface area contributed by atoms with Gasteiger partial charge in [-0.05, 0) is 18.5 Å². The largest absolute Gasteiger partial charge is 0.460 e. The smallest absolute Gasteiger partial charge is 0.320 e. The molecule has 0 radical (unpaired) electrons. The van der Waals surface area contributed by atoms with E-state index in [1.807, 2.05) is 66.7 Å². The van der Waals surface area contributed by atoms with Gasteiger partial charge in [0.1, 0.15) is 12.4 Å². The van der Waals surface area contributed by atoms with Crippen molar-refractivity contribution in [3.05, 3.63) is 102 Å². The first-order valence-electron chi connectivity index (χ1n) is 10.9. The summed E-state index contributed by atoms with van der Waals surface area (Å²) in [7, 11) is 0. The van der Waals surface area contributed by atoms with Gasteiger partial charge < -0.3 is 15.0 Å². The van der Waals surface area contributed by atoms with Crippen molar-refractivity contribution >= 4 is 5.97 Å². The maximum Gasteiger partial charge on any atom is 0.320 e. The zero-order valence-corrected chi connectivity index (χ0v) is 18.0. The molecule has 1 aromatic heterocycles. The van der Waals surface area contributed by atoms with E-state index >= 15 is 0 Å². The summed E-state index contributed by atoms with van der Waals surface area (Å²) < 4.78 is 5.29. The van der Waals surface area contributed by atoms with Crippen molar-refractivity contribution in [2.45, 2.75) is 19.4 Å². The van der Waals surface area contributed by atoms with E-state index < -0.39 is 0 Å². The zero-order valence-electron chi connectivity index (χ0n) is 18.0. The van der Waals surface area contributed by atoms with Crippen LogP contribution >= 0.6 is 0 Å². The molecule has 0 spiro atoms. The fraction of sp³-hybridized carbons (Fsp3) is 0.185. The average molecular weight is 426 g/mol. The molecule has 1 heterocycles. The van der Waals surface area contributed by atoms with Crippen molar-refractivity contribution in [2.75, 3.05) is 13.1 Å². The molecule has 162 valence electrons. The topological polar surface area (TPSA) is 67.0 Å². The standard InChI is InChI=1S/C27H27N3O2/c31-25(32-20-21-11-4-1-5-12-21)19-28-18-10-17-24-29-26(22-13-6-2-7-14-22)27(30-24)23-15-8-3-9-16-23/h1-9,11-16,28H,10,17-20H2,(H,29,30). The predicted molar refractivity (Wildman–Crippen MR) is 127 cm³/mol. The maximum absolute atomic E-state index is 11.9. The number of nitrogens with one attached hydrogen (secondary N) is 2. The number of aromatic nitrogens is 2. The van der Waals surface area contributed by atoms with Crippen LogP contribution in [0, 0.1) is 0 Å². The lowest BCUT2D eigenvalue weighted by Crippen LogP contribution is -2.25. The third-order valence-corrected chi connectivity index (χ3v) is 5.14. The van der Waals surface area contributed by atoms with E-state index in [9.17, 15) is 4.79 Å². The lowest BCUT2D eigenvalue weighted by atomic mass is 10.1. The molecule has 5 nitrogen and oxygen atoms in total. The Bertz CT molecular complexity index is 1050. The minimum Gasteiger partial charge on any atom is -0.460 e. The molecule has 0 aliphatic heterocycles. The van der Waals surface area contributed by atoms with E-state index in [2.05, 4.69) is 34.6 Å². The SMILES string of the molecule is O=C(CNCCCc1nc(-c2ccccc2)c(-c2ccccc2)[nH]1)OCc1ccccc1. The Morgan fingerprint density at radius 1 is 0.844 bits per heavy atom. The Labute approximate surface area is 188 Å². The van der Waals surface area contributed by atoms with Crippen molar-refractivity contribution in [1.29, 1.82) is 0 Å². The van der Waals surface area contributed by atoms with Crippen LogP contribution in [-0.2, 0) is 22.6 Å². The first-order valence-corrected chi connectivity index (χ1v) is 10.9. The van der Waals surface area contributed by atoms with Crippen LogP contribution < -0.4 is 5.32 Å². The Balaban J connectivity index is 1.29. The van der Waals surface area contributed by atoms with Crippen LogP contribution in [0.1, 0.15) is 17.8 Å². The number of hydrogen-bond donors (Lipinski definition) is 2. The molecular weight excluding hydrogens is 398 g/mol. The number of imidazole rings is 1. The molecule has 0 aliphatic carbocycles. The third kappa shape index (κ3) is 5.93. The lowest BCUT2D eigenvalue weighted by molar-refractivity contribution is -0.143. The second kappa shape index (κ2) is 11.1. The van der Waals surface area contributed by atoms with Crippen molar-refractivity contribution in [3.8, 4) is 22.5 Å². The molecule has 4 rings (SSSR count). The van der Waals surface area contributed by atoms with Gasteiger partial charge in [-0.25, -0.2) is 4.98 Å². The highest BCUT2D eigenvalue weighted by Crippen LogP contribution is 2.30. The van der Waals surface area contributed by atoms with Gasteiger partial charge in [-0.15, -0.1) is 0 Å². The number of nitrogens with zero attached hydrogens (tertiary/aromatic N) is 1. The molecule has 32 heavy (non-hydrogen) atoms. The highest BCUT2D eigenvalue weighted by atomic mass is 16.5. The molecule has 5 heteroatoms. The van der Waals surface area contributed by atoms with Crippen LogP contribution in [-0.4, -0.2) is 29.0 Å². The summed E-state index contributed by atoms with van der Waals surface area (Å²) in [4.78, 5) is 20.3. The second-order valence-electron chi connectivity index (χ2n) is 7.57. The van der Waals surface area contributed by atoms with Crippen LogP contribution in [0.2, 0.25) is 0 Å². The van der Waals surface area contributed by atoms with Crippen LogP contribution in [0.15, 0.2) is 91.0 Å². The van der Waals surface area contributed by atoms with E-state index in [1.165, 1.54) is 0 Å². The minimum atomic E-state index is -0.246. The summed E-state index contributed by atoms with van der Waals surface area (Å²) in [6, 6.07) is 30.2. The summed E-state index contributed by atoms with van der Waals surface area (Å²) in [5, 5.41) is 3.16. The number of ether oxygens (including phenoxy) is 1. The number of esters is 1. The first-order chi connectivity index (χ1) is 15.8. The normalized spacial score (nSPS) is 10.8. The van der Waals surface area contributed by atoms with Gasteiger partial charge >= 0.3 is 5.97 Å². The molecule has 0 unspecified atom stereocenters. The number of carbonyl (C=O) groups is 1. The molecule has 0 amide bonds. The van der Waals surface area contributed by atoms with Gasteiger partial charge in [0.25, 0.3) is 0 Å². The third-order valence-electron chi connectivity index (χ3n) is 5.14. The van der Waals surface area contributed by atoms with Crippen LogP contribution in [0.3, 0.4) is 0 Å². The quantitative estimate of drug-likeness (QED) is 0.277. The van der Waals surface area contributed by atoms with E-state index in [0.29, 0.717) is 13.2 Å². The Hall–Kier alpha value is -3.70. The molecule has 0 atom stereocenters. The van der Waals surface area contributed by atoms with E-state index in [1.54, 1.807) is 0 Å². The van der Waals surface area contributed by atoms with Gasteiger partial charge in [-0.2, -0.15) is 0 Å². The number of aryl methyl sites for hydroxylation is 1.